The van der Waals surface area contributed by atoms with Gasteiger partial charge in [0.15, 0.2) is 0 Å². The average Bonchev–Trinajstić information content (AvgIpc) is 2.00. The van der Waals surface area contributed by atoms with Crippen molar-refractivity contribution in [2.45, 2.75) is 20.3 Å². The van der Waals surface area contributed by atoms with E-state index in [0.29, 0.717) is 6.61 Å². The summed E-state index contributed by atoms with van der Waals surface area (Å²) >= 11 is 0. The number of nitrogens with zero attached hydrogens (tertiary/aromatic N) is 1. The Hall–Kier alpha value is -1.19. The predicted molar refractivity (Wildman–Crippen MR) is 45.3 cm³/mol. The van der Waals surface area contributed by atoms with Crippen LogP contribution in [0.4, 0.5) is 0 Å². The number of aliphatic imine (C=N–C) groups is 1. The van der Waals surface area contributed by atoms with Crippen molar-refractivity contribution in [2.75, 3.05) is 13.7 Å². The van der Waals surface area contributed by atoms with Gasteiger partial charge in [-0.2, -0.15) is 0 Å². The third-order valence-corrected chi connectivity index (χ3v) is 1.20. The van der Waals surface area contributed by atoms with Crippen molar-refractivity contribution in [3.05, 3.63) is 0 Å². The maximum atomic E-state index is 11.0. The molecule has 0 spiro atoms. The first kappa shape index (κ1) is 10.8. The first-order chi connectivity index (χ1) is 5.61. The molecule has 0 N–H and O–H groups in total. The summed E-state index contributed by atoms with van der Waals surface area (Å²) in [5.41, 5.74) is 0.185. The lowest BCUT2D eigenvalue weighted by molar-refractivity contribution is -0.135. The molecule has 0 aliphatic carbocycles. The van der Waals surface area contributed by atoms with Crippen LogP contribution in [0.2, 0.25) is 0 Å². The van der Waals surface area contributed by atoms with Gasteiger partial charge in [0.05, 0.1) is 13.0 Å². The summed E-state index contributed by atoms with van der Waals surface area (Å²) in [5, 5.41) is 0. The molecule has 68 valence electrons. The molecule has 0 atom stereocenters. The summed E-state index contributed by atoms with van der Waals surface area (Å²) in [6.45, 7) is 3.42. The summed E-state index contributed by atoms with van der Waals surface area (Å²) in [6.07, 6.45) is 0.0509. The van der Waals surface area contributed by atoms with Crippen molar-refractivity contribution in [2.24, 2.45) is 4.99 Å². The Morgan fingerprint density at radius 1 is 1.42 bits per heavy atom. The highest BCUT2D eigenvalue weighted by Gasteiger charge is 2.12. The molecule has 0 heterocycles. The number of ether oxygens (including phenoxy) is 1. The maximum Gasteiger partial charge on any atom is 0.352 e. The minimum Gasteiger partial charge on any atom is -0.462 e. The predicted octanol–water partition coefficient (Wildman–Crippen LogP) is 0.599. The summed E-state index contributed by atoms with van der Waals surface area (Å²) in [4.78, 5) is 25.3. The summed E-state index contributed by atoms with van der Waals surface area (Å²) < 4.78 is 4.67. The fourth-order valence-electron chi connectivity index (χ4n) is 0.693. The maximum absolute atomic E-state index is 11.0. The minimum absolute atomic E-state index is 0.0509. The van der Waals surface area contributed by atoms with E-state index in [1.54, 1.807) is 6.92 Å². The van der Waals surface area contributed by atoms with Gasteiger partial charge < -0.3 is 4.74 Å². The van der Waals surface area contributed by atoms with Crippen LogP contribution in [0.5, 0.6) is 0 Å². The van der Waals surface area contributed by atoms with Gasteiger partial charge in [0.1, 0.15) is 11.5 Å². The van der Waals surface area contributed by atoms with Gasteiger partial charge >= 0.3 is 5.97 Å². The van der Waals surface area contributed by atoms with E-state index in [0.717, 1.165) is 0 Å². The molecular weight excluding hydrogens is 158 g/mol. The van der Waals surface area contributed by atoms with Crippen LogP contribution >= 0.6 is 0 Å². The Morgan fingerprint density at radius 2 is 2.00 bits per heavy atom. The molecule has 4 nitrogen and oxygen atoms in total. The Labute approximate surface area is 71.6 Å². The van der Waals surface area contributed by atoms with Gasteiger partial charge in [-0.1, -0.05) is 0 Å². The highest BCUT2D eigenvalue weighted by atomic mass is 16.5. The van der Waals surface area contributed by atoms with Crippen molar-refractivity contribution in [1.82, 2.24) is 0 Å². The fraction of sp³-hybridized carbons (Fsp3) is 0.625. The molecule has 0 aliphatic heterocycles. The quantitative estimate of drug-likeness (QED) is 0.459. The highest BCUT2D eigenvalue weighted by molar-refractivity contribution is 6.39. The normalized spacial score (nSPS) is 11.1. The first-order valence-corrected chi connectivity index (χ1v) is 3.74. The fourth-order valence-corrected chi connectivity index (χ4v) is 0.693. The monoisotopic (exact) mass is 171 g/mol. The van der Waals surface area contributed by atoms with Crippen LogP contribution in [0.25, 0.3) is 0 Å². The number of carbonyl (C=O) groups is 2. The average molecular weight is 171 g/mol. The van der Waals surface area contributed by atoms with Gasteiger partial charge in [0, 0.05) is 7.05 Å². The van der Waals surface area contributed by atoms with E-state index in [4.69, 9.17) is 0 Å². The lowest BCUT2D eigenvalue weighted by Gasteiger charge is -2.01. The van der Waals surface area contributed by atoms with Gasteiger partial charge in [-0.25, -0.2) is 4.79 Å². The van der Waals surface area contributed by atoms with E-state index in [1.807, 2.05) is 0 Å². The third kappa shape index (κ3) is 3.85. The number of hydrogen-bond donors (Lipinski definition) is 0. The van der Waals surface area contributed by atoms with E-state index >= 15 is 0 Å². The Morgan fingerprint density at radius 3 is 2.33 bits per heavy atom. The molecule has 12 heavy (non-hydrogen) atoms. The van der Waals surface area contributed by atoms with Crippen molar-refractivity contribution in [1.29, 1.82) is 0 Å². The van der Waals surface area contributed by atoms with Crippen molar-refractivity contribution in [3.63, 3.8) is 0 Å². The first-order valence-electron chi connectivity index (χ1n) is 3.74. The number of Topliss-reactive ketones (excluding diaryl/α,β-unsaturated/α-hetero) is 1. The molecule has 4 heteroatoms. The molecular formula is C8H13NO3. The van der Waals surface area contributed by atoms with Crippen molar-refractivity contribution >= 4 is 17.5 Å². The molecule has 0 saturated carbocycles. The highest BCUT2D eigenvalue weighted by Crippen LogP contribution is 1.92. The van der Waals surface area contributed by atoms with E-state index in [1.165, 1.54) is 14.0 Å². The molecule has 0 rings (SSSR count). The number of esters is 1. The topological polar surface area (TPSA) is 55.7 Å². The molecule has 0 amide bonds. The Kier molecular flexibility index (Phi) is 4.92. The smallest absolute Gasteiger partial charge is 0.352 e. The zero-order chi connectivity index (χ0) is 9.56. The SMILES string of the molecule is CCOC(=O)C(CC(C)=O)=NC. The molecule has 0 bridgehead atoms. The van der Waals surface area contributed by atoms with Crippen LogP contribution < -0.4 is 0 Å². The number of carbonyl (C=O) groups excluding carboxylic acids is 2. The Balaban J connectivity index is 4.17. The molecule has 0 aliphatic rings. The van der Waals surface area contributed by atoms with Crippen LogP contribution in [0, 0.1) is 0 Å². The van der Waals surface area contributed by atoms with Crippen LogP contribution in [-0.4, -0.2) is 31.1 Å². The van der Waals surface area contributed by atoms with Crippen LogP contribution in [0.3, 0.4) is 0 Å². The lowest BCUT2D eigenvalue weighted by atomic mass is 10.2. The zero-order valence-corrected chi connectivity index (χ0v) is 7.59. The van der Waals surface area contributed by atoms with E-state index in [9.17, 15) is 9.59 Å². The molecule has 0 fully saturated rings. The van der Waals surface area contributed by atoms with Crippen LogP contribution in [0.15, 0.2) is 4.99 Å². The standard InChI is InChI=1S/C8H13NO3/c1-4-12-8(11)7(9-3)5-6(2)10/h4-5H2,1-3H3. The second kappa shape index (κ2) is 5.46. The molecule has 0 aromatic carbocycles. The minimum atomic E-state index is -0.504. The summed E-state index contributed by atoms with van der Waals surface area (Å²) in [6, 6.07) is 0. The van der Waals surface area contributed by atoms with Gasteiger partial charge in [0.2, 0.25) is 0 Å². The van der Waals surface area contributed by atoms with Crippen LogP contribution in [-0.2, 0) is 14.3 Å². The molecule has 0 saturated heterocycles. The van der Waals surface area contributed by atoms with Gasteiger partial charge in [0.25, 0.3) is 0 Å². The number of hydrogen-bond acceptors (Lipinski definition) is 4. The van der Waals surface area contributed by atoms with Gasteiger partial charge in [-0.3, -0.25) is 9.79 Å². The number of rotatable bonds is 4. The van der Waals surface area contributed by atoms with Gasteiger partial charge in [-0.05, 0) is 13.8 Å². The van der Waals surface area contributed by atoms with Crippen LogP contribution in [0.1, 0.15) is 20.3 Å². The van der Waals surface area contributed by atoms with E-state index in [-0.39, 0.29) is 17.9 Å². The van der Waals surface area contributed by atoms with Crippen molar-refractivity contribution in [3.8, 4) is 0 Å². The second-order valence-electron chi connectivity index (χ2n) is 2.27. The summed E-state index contributed by atoms with van der Waals surface area (Å²) in [7, 11) is 1.47. The van der Waals surface area contributed by atoms with E-state index in [2.05, 4.69) is 9.73 Å². The second-order valence-corrected chi connectivity index (χ2v) is 2.27. The molecule has 0 aromatic heterocycles. The lowest BCUT2D eigenvalue weighted by Crippen LogP contribution is -2.19. The zero-order valence-electron chi connectivity index (χ0n) is 7.59. The largest absolute Gasteiger partial charge is 0.462 e. The molecule has 0 aromatic rings. The molecule has 0 radical (unpaired) electrons. The Bertz CT molecular complexity index is 208. The molecule has 0 unspecified atom stereocenters. The van der Waals surface area contributed by atoms with E-state index < -0.39 is 5.97 Å². The summed E-state index contributed by atoms with van der Waals surface area (Å²) in [5.74, 6) is -0.598. The van der Waals surface area contributed by atoms with Crippen molar-refractivity contribution < 1.29 is 14.3 Å². The third-order valence-electron chi connectivity index (χ3n) is 1.20. The number of ketones is 1. The van der Waals surface area contributed by atoms with Gasteiger partial charge in [-0.15, -0.1) is 0 Å².